The van der Waals surface area contributed by atoms with Crippen LogP contribution in [0.15, 0.2) is 42.4 Å². The Morgan fingerprint density at radius 1 is 1.33 bits per heavy atom. The molecule has 3 aromatic rings. The first-order valence-electron chi connectivity index (χ1n) is 7.81. The van der Waals surface area contributed by atoms with Crippen molar-refractivity contribution < 1.29 is 4.79 Å². The molecule has 1 fully saturated rings. The molecule has 4 heterocycles. The molecule has 1 aliphatic rings. The predicted octanol–water partition coefficient (Wildman–Crippen LogP) is 2.10. The number of rotatable bonds is 4. The maximum absolute atomic E-state index is 12.8. The second-order valence-corrected chi connectivity index (χ2v) is 6.51. The monoisotopic (exact) mass is 340 g/mol. The zero-order chi connectivity index (χ0) is 16.4. The first kappa shape index (κ1) is 14.9. The summed E-state index contributed by atoms with van der Waals surface area (Å²) in [6, 6.07) is 2.06. The number of hydrogen-bond donors (Lipinski definition) is 0. The van der Waals surface area contributed by atoms with E-state index in [0.717, 1.165) is 25.9 Å². The van der Waals surface area contributed by atoms with Gasteiger partial charge >= 0.3 is 0 Å². The van der Waals surface area contributed by atoms with Crippen LogP contribution in [0.1, 0.15) is 23.3 Å². The average molecular weight is 340 g/mol. The number of carbonyl (C=O) groups excluding carboxylic acids is 1. The van der Waals surface area contributed by atoms with Gasteiger partial charge in [0.05, 0.1) is 18.8 Å². The van der Waals surface area contributed by atoms with E-state index in [9.17, 15) is 4.79 Å². The van der Waals surface area contributed by atoms with Crippen LogP contribution >= 0.6 is 11.3 Å². The summed E-state index contributed by atoms with van der Waals surface area (Å²) in [5, 5.41) is 6.76. The van der Waals surface area contributed by atoms with E-state index in [-0.39, 0.29) is 11.9 Å². The van der Waals surface area contributed by atoms with E-state index in [1.54, 1.807) is 30.2 Å². The fraction of sp³-hybridized carbons (Fsp3) is 0.312. The van der Waals surface area contributed by atoms with Crippen molar-refractivity contribution in [3.05, 3.63) is 48.1 Å². The van der Waals surface area contributed by atoms with Crippen LogP contribution in [0.5, 0.6) is 0 Å². The van der Waals surface area contributed by atoms with E-state index in [1.165, 1.54) is 11.3 Å². The van der Waals surface area contributed by atoms with Gasteiger partial charge in [0.1, 0.15) is 16.4 Å². The molecule has 1 aliphatic heterocycles. The molecule has 8 heteroatoms. The van der Waals surface area contributed by atoms with Crippen molar-refractivity contribution in [1.29, 1.82) is 0 Å². The molecule has 0 saturated carbocycles. The Morgan fingerprint density at radius 2 is 2.29 bits per heavy atom. The lowest BCUT2D eigenvalue weighted by atomic mass is 10.2. The highest BCUT2D eigenvalue weighted by atomic mass is 32.1. The van der Waals surface area contributed by atoms with Gasteiger partial charge in [0, 0.05) is 36.7 Å². The Labute approximate surface area is 143 Å². The zero-order valence-corrected chi connectivity index (χ0v) is 13.8. The summed E-state index contributed by atoms with van der Waals surface area (Å²) in [5.74, 6) is -0.0175. The highest BCUT2D eigenvalue weighted by Gasteiger charge is 2.31. The van der Waals surface area contributed by atoms with E-state index in [2.05, 4.69) is 20.1 Å². The van der Waals surface area contributed by atoms with Crippen molar-refractivity contribution in [2.45, 2.75) is 25.4 Å². The summed E-state index contributed by atoms with van der Waals surface area (Å²) < 4.78 is 1.88. The first-order chi connectivity index (χ1) is 11.8. The summed E-state index contributed by atoms with van der Waals surface area (Å²) in [7, 11) is 0. The molecule has 0 unspecified atom stereocenters. The minimum absolute atomic E-state index is 0.0175. The molecule has 0 N–H and O–H groups in total. The Hall–Kier alpha value is -2.61. The van der Waals surface area contributed by atoms with E-state index in [0.29, 0.717) is 16.4 Å². The van der Waals surface area contributed by atoms with E-state index in [4.69, 9.17) is 0 Å². The standard InChI is InChI=1S/C16H16N6OS/c23-16(14-11-24-15(20-14)13-9-17-5-6-18-13)22-8-1-3-12(22)10-21-7-2-4-19-21/h2,4-7,9,11-12H,1,3,8,10H2/t12-/m0/s1. The second kappa shape index (κ2) is 6.48. The average Bonchev–Trinajstić information content (AvgIpc) is 3.37. The topological polar surface area (TPSA) is 76.8 Å². The molecule has 0 aromatic carbocycles. The number of hydrogen-bond acceptors (Lipinski definition) is 6. The van der Waals surface area contributed by atoms with Crippen LogP contribution in [0.2, 0.25) is 0 Å². The fourth-order valence-corrected chi connectivity index (χ4v) is 3.72. The van der Waals surface area contributed by atoms with E-state index in [1.807, 2.05) is 21.8 Å². The van der Waals surface area contributed by atoms with Crippen molar-refractivity contribution in [1.82, 2.24) is 29.6 Å². The fourth-order valence-electron chi connectivity index (χ4n) is 2.96. The maximum Gasteiger partial charge on any atom is 0.273 e. The highest BCUT2D eigenvalue weighted by Crippen LogP contribution is 2.25. The minimum atomic E-state index is -0.0175. The van der Waals surface area contributed by atoms with Crippen LogP contribution in [-0.2, 0) is 6.54 Å². The summed E-state index contributed by atoms with van der Waals surface area (Å²) in [5.41, 5.74) is 1.17. The molecule has 3 aromatic heterocycles. The Balaban J connectivity index is 1.52. The van der Waals surface area contributed by atoms with Gasteiger partial charge in [-0.25, -0.2) is 4.98 Å². The maximum atomic E-state index is 12.8. The molecule has 1 amide bonds. The summed E-state index contributed by atoms with van der Waals surface area (Å²) in [6.07, 6.45) is 10.6. The van der Waals surface area contributed by atoms with Gasteiger partial charge in [-0.05, 0) is 18.9 Å². The van der Waals surface area contributed by atoms with Gasteiger partial charge in [0.25, 0.3) is 5.91 Å². The third-order valence-corrected chi connectivity index (χ3v) is 4.97. The lowest BCUT2D eigenvalue weighted by Crippen LogP contribution is -2.38. The van der Waals surface area contributed by atoms with Crippen molar-refractivity contribution in [2.24, 2.45) is 0 Å². The number of carbonyl (C=O) groups is 1. The SMILES string of the molecule is O=C(c1csc(-c2cnccn2)n1)N1CCC[C@H]1Cn1cccn1. The van der Waals surface area contributed by atoms with Crippen LogP contribution in [0.25, 0.3) is 10.7 Å². The molecule has 0 spiro atoms. The predicted molar refractivity (Wildman–Crippen MR) is 89.4 cm³/mol. The molecular weight excluding hydrogens is 324 g/mol. The van der Waals surface area contributed by atoms with Crippen molar-refractivity contribution in [3.8, 4) is 10.7 Å². The van der Waals surface area contributed by atoms with Crippen molar-refractivity contribution in [3.63, 3.8) is 0 Å². The first-order valence-corrected chi connectivity index (χ1v) is 8.69. The van der Waals surface area contributed by atoms with Crippen molar-refractivity contribution >= 4 is 17.2 Å². The molecule has 0 bridgehead atoms. The molecule has 7 nitrogen and oxygen atoms in total. The molecule has 1 atom stereocenters. The van der Waals surface area contributed by atoms with Crippen molar-refractivity contribution in [2.75, 3.05) is 6.54 Å². The third-order valence-electron chi connectivity index (χ3n) is 4.10. The lowest BCUT2D eigenvalue weighted by Gasteiger charge is -2.23. The van der Waals surface area contributed by atoms with Crippen LogP contribution < -0.4 is 0 Å². The third kappa shape index (κ3) is 2.92. The number of nitrogens with zero attached hydrogens (tertiary/aromatic N) is 6. The molecule has 1 saturated heterocycles. The number of amides is 1. The lowest BCUT2D eigenvalue weighted by molar-refractivity contribution is 0.0716. The Morgan fingerprint density at radius 3 is 3.08 bits per heavy atom. The summed E-state index contributed by atoms with van der Waals surface area (Å²) >= 11 is 1.42. The van der Waals surface area contributed by atoms with Gasteiger partial charge in [-0.3, -0.25) is 19.4 Å². The Bertz CT molecular complexity index is 816. The van der Waals surface area contributed by atoms with Gasteiger partial charge in [-0.1, -0.05) is 0 Å². The van der Waals surface area contributed by atoms with Gasteiger partial charge in [0.2, 0.25) is 0 Å². The normalized spacial score (nSPS) is 17.3. The van der Waals surface area contributed by atoms with Crippen LogP contribution in [0, 0.1) is 0 Å². The molecule has 0 radical (unpaired) electrons. The number of likely N-dealkylation sites (tertiary alicyclic amines) is 1. The van der Waals surface area contributed by atoms with Gasteiger partial charge in [0.15, 0.2) is 0 Å². The molecule has 122 valence electrons. The summed E-state index contributed by atoms with van der Waals surface area (Å²) in [6.45, 7) is 1.49. The number of aromatic nitrogens is 5. The zero-order valence-electron chi connectivity index (χ0n) is 12.9. The number of thiazole rings is 1. The van der Waals surface area contributed by atoms with Crippen LogP contribution in [0.4, 0.5) is 0 Å². The van der Waals surface area contributed by atoms with Crippen LogP contribution in [-0.4, -0.2) is 48.1 Å². The molecule has 0 aliphatic carbocycles. The van der Waals surface area contributed by atoms with E-state index < -0.39 is 0 Å². The molecule has 24 heavy (non-hydrogen) atoms. The summed E-state index contributed by atoms with van der Waals surface area (Å²) in [4.78, 5) is 27.5. The molecule has 4 rings (SSSR count). The van der Waals surface area contributed by atoms with Gasteiger partial charge < -0.3 is 4.90 Å². The Kier molecular flexibility index (Phi) is 4.04. The van der Waals surface area contributed by atoms with Gasteiger partial charge in [-0.15, -0.1) is 11.3 Å². The van der Waals surface area contributed by atoms with E-state index >= 15 is 0 Å². The highest BCUT2D eigenvalue weighted by molar-refractivity contribution is 7.13. The van der Waals surface area contributed by atoms with Crippen LogP contribution in [0.3, 0.4) is 0 Å². The van der Waals surface area contributed by atoms with Gasteiger partial charge in [-0.2, -0.15) is 5.10 Å². The quantitative estimate of drug-likeness (QED) is 0.727. The largest absolute Gasteiger partial charge is 0.332 e. The smallest absolute Gasteiger partial charge is 0.273 e. The minimum Gasteiger partial charge on any atom is -0.332 e. The second-order valence-electron chi connectivity index (χ2n) is 5.65. The molecular formula is C16H16N6OS.